The number of carbonyl (C=O) groups is 3. The van der Waals surface area contributed by atoms with Crippen LogP contribution < -0.4 is 4.90 Å². The van der Waals surface area contributed by atoms with Gasteiger partial charge < -0.3 is 5.11 Å². The lowest BCUT2D eigenvalue weighted by Gasteiger charge is -2.23. The molecule has 0 aliphatic carbocycles. The van der Waals surface area contributed by atoms with Gasteiger partial charge in [0, 0.05) is 12.5 Å². The number of rotatable bonds is 4. The summed E-state index contributed by atoms with van der Waals surface area (Å²) < 4.78 is 0. The van der Waals surface area contributed by atoms with E-state index in [0.717, 1.165) is 22.5 Å². The van der Waals surface area contributed by atoms with E-state index >= 15 is 0 Å². The first kappa shape index (κ1) is 21.6. The molecule has 3 aromatic rings. The quantitative estimate of drug-likeness (QED) is 0.267. The van der Waals surface area contributed by atoms with E-state index in [1.54, 1.807) is 19.1 Å². The Labute approximate surface area is 189 Å². The van der Waals surface area contributed by atoms with Crippen molar-refractivity contribution in [3.8, 4) is 0 Å². The van der Waals surface area contributed by atoms with Gasteiger partial charge in [0.1, 0.15) is 5.76 Å². The highest BCUT2D eigenvalue weighted by molar-refractivity contribution is 7.18. The molecular formula is C25H22N2O4S. The highest BCUT2D eigenvalue weighted by Crippen LogP contribution is 2.43. The Morgan fingerprint density at radius 1 is 0.969 bits per heavy atom. The van der Waals surface area contributed by atoms with E-state index in [1.807, 2.05) is 50.2 Å². The number of ketones is 2. The highest BCUT2D eigenvalue weighted by atomic mass is 32.1. The van der Waals surface area contributed by atoms with Gasteiger partial charge in [0.15, 0.2) is 10.9 Å². The van der Waals surface area contributed by atoms with Crippen molar-refractivity contribution in [2.45, 2.75) is 33.7 Å². The third kappa shape index (κ3) is 3.65. The molecule has 0 spiro atoms. The zero-order chi connectivity index (χ0) is 23.2. The Hall–Kier alpha value is -3.58. The summed E-state index contributed by atoms with van der Waals surface area (Å²) in [5.41, 5.74) is 3.65. The van der Waals surface area contributed by atoms with Crippen molar-refractivity contribution in [1.82, 2.24) is 4.98 Å². The van der Waals surface area contributed by atoms with Crippen LogP contribution in [0.3, 0.4) is 0 Å². The third-order valence-corrected chi connectivity index (χ3v) is 6.73. The Morgan fingerprint density at radius 2 is 1.53 bits per heavy atom. The Balaban J connectivity index is 1.94. The molecule has 1 amide bonds. The smallest absolute Gasteiger partial charge is 0.301 e. The topological polar surface area (TPSA) is 87.6 Å². The van der Waals surface area contributed by atoms with Crippen LogP contribution in [0.2, 0.25) is 0 Å². The second kappa shape index (κ2) is 8.16. The van der Waals surface area contributed by atoms with Gasteiger partial charge in [-0.1, -0.05) is 71.0 Å². The summed E-state index contributed by atoms with van der Waals surface area (Å²) in [6.07, 6.45) is 0. The number of anilines is 1. The van der Waals surface area contributed by atoms with E-state index in [4.69, 9.17) is 0 Å². The molecule has 2 heterocycles. The van der Waals surface area contributed by atoms with Crippen molar-refractivity contribution in [1.29, 1.82) is 0 Å². The van der Waals surface area contributed by atoms with Gasteiger partial charge in [-0.3, -0.25) is 19.3 Å². The number of carbonyl (C=O) groups excluding carboxylic acids is 3. The van der Waals surface area contributed by atoms with Crippen molar-refractivity contribution in [3.63, 3.8) is 0 Å². The van der Waals surface area contributed by atoms with Crippen LogP contribution in [-0.4, -0.2) is 27.6 Å². The minimum atomic E-state index is -0.859. The summed E-state index contributed by atoms with van der Waals surface area (Å²) >= 11 is 1.07. The molecule has 2 aromatic carbocycles. The summed E-state index contributed by atoms with van der Waals surface area (Å²) in [5.74, 6) is -1.97. The first-order chi connectivity index (χ1) is 15.2. The molecule has 1 atom stereocenters. The van der Waals surface area contributed by atoms with Crippen LogP contribution in [0.15, 0.2) is 54.1 Å². The molecule has 162 valence electrons. The van der Waals surface area contributed by atoms with Crippen LogP contribution in [0.25, 0.3) is 5.76 Å². The van der Waals surface area contributed by atoms with E-state index < -0.39 is 17.7 Å². The number of aryl methyl sites for hydroxylation is 3. The number of amides is 1. The van der Waals surface area contributed by atoms with Gasteiger partial charge >= 0.3 is 5.91 Å². The molecule has 32 heavy (non-hydrogen) atoms. The van der Waals surface area contributed by atoms with Gasteiger partial charge in [-0.2, -0.15) is 0 Å². The molecule has 1 aliphatic heterocycles. The number of thiazole rings is 1. The monoisotopic (exact) mass is 446 g/mol. The number of aromatic nitrogens is 1. The summed E-state index contributed by atoms with van der Waals surface area (Å²) in [7, 11) is 0. The fourth-order valence-electron chi connectivity index (χ4n) is 3.77. The van der Waals surface area contributed by atoms with Gasteiger partial charge in [-0.05, 0) is 26.3 Å². The largest absolute Gasteiger partial charge is 0.507 e. The van der Waals surface area contributed by atoms with Crippen LogP contribution in [-0.2, 0) is 9.59 Å². The van der Waals surface area contributed by atoms with Gasteiger partial charge in [-0.15, -0.1) is 0 Å². The molecule has 6 nitrogen and oxygen atoms in total. The molecule has 0 unspecified atom stereocenters. The minimum absolute atomic E-state index is 0.0000609. The number of nitrogens with zero attached hydrogens (tertiary/aromatic N) is 2. The zero-order valence-corrected chi connectivity index (χ0v) is 19.0. The van der Waals surface area contributed by atoms with Crippen molar-refractivity contribution in [2.75, 3.05) is 4.90 Å². The molecule has 1 saturated heterocycles. The van der Waals surface area contributed by atoms with E-state index in [-0.39, 0.29) is 22.2 Å². The third-order valence-electron chi connectivity index (χ3n) is 5.47. The van der Waals surface area contributed by atoms with Crippen LogP contribution >= 0.6 is 11.3 Å². The van der Waals surface area contributed by atoms with Crippen LogP contribution in [0, 0.1) is 20.8 Å². The normalized spacial score (nSPS) is 17.8. The number of hydrogen-bond acceptors (Lipinski definition) is 6. The maximum Gasteiger partial charge on any atom is 0.301 e. The fraction of sp³-hybridized carbons (Fsp3) is 0.200. The molecule has 1 fully saturated rings. The van der Waals surface area contributed by atoms with E-state index in [1.165, 1.54) is 11.8 Å². The van der Waals surface area contributed by atoms with Crippen molar-refractivity contribution >= 4 is 39.7 Å². The number of hydrogen-bond donors (Lipinski definition) is 1. The number of benzene rings is 2. The molecule has 7 heteroatoms. The average Bonchev–Trinajstić information content (AvgIpc) is 3.26. The van der Waals surface area contributed by atoms with Gasteiger partial charge in [0.05, 0.1) is 22.2 Å². The van der Waals surface area contributed by atoms with Crippen LogP contribution in [0.4, 0.5) is 5.13 Å². The Morgan fingerprint density at radius 3 is 2.06 bits per heavy atom. The molecule has 1 aliphatic rings. The fourth-order valence-corrected chi connectivity index (χ4v) is 4.76. The Bertz CT molecular complexity index is 1270. The lowest BCUT2D eigenvalue weighted by atomic mass is 9.94. The first-order valence-corrected chi connectivity index (χ1v) is 10.9. The number of aliphatic hydroxyl groups excluding tert-OH is 1. The maximum atomic E-state index is 13.2. The lowest BCUT2D eigenvalue weighted by Crippen LogP contribution is -2.29. The summed E-state index contributed by atoms with van der Waals surface area (Å²) in [4.78, 5) is 44.4. The molecule has 0 bridgehead atoms. The predicted molar refractivity (Wildman–Crippen MR) is 124 cm³/mol. The summed E-state index contributed by atoms with van der Waals surface area (Å²) in [5, 5.41) is 11.4. The van der Waals surface area contributed by atoms with Crippen LogP contribution in [0.1, 0.15) is 50.6 Å². The summed E-state index contributed by atoms with van der Waals surface area (Å²) in [6, 6.07) is 13.6. The van der Waals surface area contributed by atoms with Crippen molar-refractivity contribution in [3.05, 3.63) is 86.9 Å². The van der Waals surface area contributed by atoms with Crippen molar-refractivity contribution < 1.29 is 19.5 Å². The maximum absolute atomic E-state index is 13.2. The van der Waals surface area contributed by atoms with Gasteiger partial charge in [0.25, 0.3) is 5.78 Å². The standard InChI is InChI=1S/C25H22N2O4S/c1-13-5-9-17(10-6-13)20-19(21(29)18-11-7-14(2)8-12-18)22(30)24(31)27(20)25-26-15(3)23(32-25)16(4)28/h5-12,20,29H,1-4H3/t20-/m1/s1. The SMILES string of the molecule is CC(=O)c1sc(N2C(=O)C(=O)C(=C(O)c3ccc(C)cc3)[C@H]2c2ccc(C)cc2)nc1C. The second-order valence-corrected chi connectivity index (χ2v) is 8.89. The molecule has 4 rings (SSSR count). The predicted octanol–water partition coefficient (Wildman–Crippen LogP) is 4.90. The molecule has 1 aromatic heterocycles. The number of Topliss-reactive ketones (excluding diaryl/α,β-unsaturated/α-hetero) is 2. The van der Waals surface area contributed by atoms with Gasteiger partial charge in [-0.25, -0.2) is 4.98 Å². The van der Waals surface area contributed by atoms with Gasteiger partial charge in [0.2, 0.25) is 0 Å². The average molecular weight is 447 g/mol. The number of aliphatic hydroxyl groups is 1. The molecule has 0 saturated carbocycles. The highest BCUT2D eigenvalue weighted by Gasteiger charge is 2.48. The van der Waals surface area contributed by atoms with E-state index in [0.29, 0.717) is 21.7 Å². The minimum Gasteiger partial charge on any atom is -0.507 e. The van der Waals surface area contributed by atoms with Crippen molar-refractivity contribution in [2.24, 2.45) is 0 Å². The molecule has 0 radical (unpaired) electrons. The van der Waals surface area contributed by atoms with Crippen LogP contribution in [0.5, 0.6) is 0 Å². The second-order valence-electron chi connectivity index (χ2n) is 7.91. The van der Waals surface area contributed by atoms with E-state index in [2.05, 4.69) is 4.98 Å². The lowest BCUT2D eigenvalue weighted by molar-refractivity contribution is -0.132. The molecule has 1 N–H and O–H groups in total. The molecular weight excluding hydrogens is 424 g/mol. The first-order valence-electron chi connectivity index (χ1n) is 10.1. The summed E-state index contributed by atoms with van der Waals surface area (Å²) in [6.45, 7) is 7.00. The zero-order valence-electron chi connectivity index (χ0n) is 18.2. The Kier molecular flexibility index (Phi) is 5.52. The van der Waals surface area contributed by atoms with E-state index in [9.17, 15) is 19.5 Å².